The standard InChI is InChI=1S/C13H30N2O3/c1-12(10-17-4)14-6-7-15(8-9-16-3)13(2)11-18-5/h12-14H,6-11H2,1-5H3. The third-order valence-corrected chi connectivity index (χ3v) is 2.92. The molecule has 2 unspecified atom stereocenters. The van der Waals surface area contributed by atoms with Crippen LogP contribution < -0.4 is 5.32 Å². The molecule has 0 amide bonds. The van der Waals surface area contributed by atoms with E-state index in [1.165, 1.54) is 0 Å². The van der Waals surface area contributed by atoms with Gasteiger partial charge >= 0.3 is 0 Å². The van der Waals surface area contributed by atoms with Crippen molar-refractivity contribution in [2.45, 2.75) is 25.9 Å². The summed E-state index contributed by atoms with van der Waals surface area (Å²) in [7, 11) is 5.20. The summed E-state index contributed by atoms with van der Waals surface area (Å²) in [5.41, 5.74) is 0. The van der Waals surface area contributed by atoms with Crippen LogP contribution in [0.25, 0.3) is 0 Å². The number of ether oxygens (including phenoxy) is 3. The van der Waals surface area contributed by atoms with Gasteiger partial charge in [-0.1, -0.05) is 0 Å². The van der Waals surface area contributed by atoms with Gasteiger partial charge in [-0.05, 0) is 13.8 Å². The highest BCUT2D eigenvalue weighted by Crippen LogP contribution is 1.99. The van der Waals surface area contributed by atoms with Gasteiger partial charge in [0.25, 0.3) is 0 Å². The largest absolute Gasteiger partial charge is 0.383 e. The fourth-order valence-corrected chi connectivity index (χ4v) is 1.87. The molecule has 18 heavy (non-hydrogen) atoms. The van der Waals surface area contributed by atoms with Gasteiger partial charge in [0.15, 0.2) is 0 Å². The Morgan fingerprint density at radius 3 is 2.17 bits per heavy atom. The highest BCUT2D eigenvalue weighted by Gasteiger charge is 2.13. The van der Waals surface area contributed by atoms with Gasteiger partial charge in [-0.2, -0.15) is 0 Å². The van der Waals surface area contributed by atoms with Crippen LogP contribution in [0.5, 0.6) is 0 Å². The SMILES string of the molecule is COCCN(CCNC(C)COC)C(C)COC. The smallest absolute Gasteiger partial charge is 0.0615 e. The number of hydrogen-bond donors (Lipinski definition) is 1. The summed E-state index contributed by atoms with van der Waals surface area (Å²) in [5.74, 6) is 0. The average molecular weight is 262 g/mol. The fraction of sp³-hybridized carbons (Fsp3) is 1.00. The summed E-state index contributed by atoms with van der Waals surface area (Å²) < 4.78 is 15.4. The second kappa shape index (κ2) is 11.9. The Labute approximate surface area is 112 Å². The monoisotopic (exact) mass is 262 g/mol. The number of methoxy groups -OCH3 is 3. The van der Waals surface area contributed by atoms with Crippen molar-refractivity contribution in [3.05, 3.63) is 0 Å². The molecule has 5 nitrogen and oxygen atoms in total. The highest BCUT2D eigenvalue weighted by molar-refractivity contribution is 4.69. The molecule has 0 bridgehead atoms. The lowest BCUT2D eigenvalue weighted by Crippen LogP contribution is -2.44. The number of nitrogens with one attached hydrogen (secondary N) is 1. The predicted octanol–water partition coefficient (Wildman–Crippen LogP) is 0.594. The first kappa shape index (κ1) is 17.8. The maximum atomic E-state index is 5.21. The van der Waals surface area contributed by atoms with Gasteiger partial charge in [-0.3, -0.25) is 4.90 Å². The Morgan fingerprint density at radius 1 is 0.944 bits per heavy atom. The summed E-state index contributed by atoms with van der Waals surface area (Å²) in [6, 6.07) is 0.793. The van der Waals surface area contributed by atoms with Crippen molar-refractivity contribution >= 4 is 0 Å². The molecule has 1 N–H and O–H groups in total. The molecule has 0 aliphatic heterocycles. The van der Waals surface area contributed by atoms with Crippen molar-refractivity contribution in [3.8, 4) is 0 Å². The normalized spacial score (nSPS) is 15.0. The lowest BCUT2D eigenvalue weighted by molar-refractivity contribution is 0.0744. The van der Waals surface area contributed by atoms with E-state index in [0.717, 1.165) is 39.5 Å². The number of nitrogens with zero attached hydrogens (tertiary/aromatic N) is 1. The Balaban J connectivity index is 3.91. The molecule has 0 heterocycles. The van der Waals surface area contributed by atoms with Crippen LogP contribution in [-0.4, -0.2) is 77.8 Å². The van der Waals surface area contributed by atoms with Crippen molar-refractivity contribution in [3.63, 3.8) is 0 Å². The lowest BCUT2D eigenvalue weighted by Gasteiger charge is -2.29. The first-order chi connectivity index (χ1) is 8.65. The maximum absolute atomic E-state index is 5.21. The zero-order valence-corrected chi connectivity index (χ0v) is 12.6. The quantitative estimate of drug-likeness (QED) is 0.558. The van der Waals surface area contributed by atoms with E-state index in [1.54, 1.807) is 21.3 Å². The highest BCUT2D eigenvalue weighted by atomic mass is 16.5. The van der Waals surface area contributed by atoms with Crippen LogP contribution in [0.4, 0.5) is 0 Å². The van der Waals surface area contributed by atoms with E-state index in [0.29, 0.717) is 12.1 Å². The van der Waals surface area contributed by atoms with Crippen molar-refractivity contribution in [1.29, 1.82) is 0 Å². The van der Waals surface area contributed by atoms with Gasteiger partial charge < -0.3 is 19.5 Å². The van der Waals surface area contributed by atoms with Crippen LogP contribution >= 0.6 is 0 Å². The minimum Gasteiger partial charge on any atom is -0.383 e. The zero-order chi connectivity index (χ0) is 13.8. The van der Waals surface area contributed by atoms with Crippen molar-refractivity contribution in [1.82, 2.24) is 10.2 Å². The fourth-order valence-electron chi connectivity index (χ4n) is 1.87. The minimum absolute atomic E-state index is 0.386. The van der Waals surface area contributed by atoms with Crippen molar-refractivity contribution in [2.24, 2.45) is 0 Å². The van der Waals surface area contributed by atoms with E-state index >= 15 is 0 Å². The van der Waals surface area contributed by atoms with Crippen LogP contribution in [-0.2, 0) is 14.2 Å². The van der Waals surface area contributed by atoms with E-state index in [9.17, 15) is 0 Å². The van der Waals surface area contributed by atoms with E-state index in [1.807, 2.05) is 0 Å². The Bertz CT molecular complexity index is 182. The van der Waals surface area contributed by atoms with E-state index in [2.05, 4.69) is 24.1 Å². The summed E-state index contributed by atoms with van der Waals surface area (Å²) in [6.07, 6.45) is 0. The Kier molecular flexibility index (Phi) is 11.7. The summed E-state index contributed by atoms with van der Waals surface area (Å²) in [5, 5.41) is 3.44. The van der Waals surface area contributed by atoms with E-state index in [4.69, 9.17) is 14.2 Å². The van der Waals surface area contributed by atoms with Crippen LogP contribution in [0.1, 0.15) is 13.8 Å². The first-order valence-corrected chi connectivity index (χ1v) is 6.59. The van der Waals surface area contributed by atoms with Crippen LogP contribution in [0.2, 0.25) is 0 Å². The predicted molar refractivity (Wildman–Crippen MR) is 74.1 cm³/mol. The van der Waals surface area contributed by atoms with Gasteiger partial charge in [-0.15, -0.1) is 0 Å². The molecule has 0 fully saturated rings. The molecular weight excluding hydrogens is 232 g/mol. The summed E-state index contributed by atoms with van der Waals surface area (Å²) in [6.45, 7) is 9.41. The molecule has 0 saturated heterocycles. The summed E-state index contributed by atoms with van der Waals surface area (Å²) in [4.78, 5) is 2.37. The number of rotatable bonds is 12. The number of hydrogen-bond acceptors (Lipinski definition) is 5. The Morgan fingerprint density at radius 2 is 1.61 bits per heavy atom. The molecule has 0 saturated carbocycles. The van der Waals surface area contributed by atoms with Crippen LogP contribution in [0.3, 0.4) is 0 Å². The molecule has 0 spiro atoms. The lowest BCUT2D eigenvalue weighted by atomic mass is 10.3. The average Bonchev–Trinajstić information content (AvgIpc) is 2.34. The molecule has 0 aromatic rings. The Hall–Kier alpha value is -0.200. The molecule has 2 atom stereocenters. The maximum Gasteiger partial charge on any atom is 0.0615 e. The second-order valence-electron chi connectivity index (χ2n) is 4.64. The van der Waals surface area contributed by atoms with Crippen molar-refractivity contribution in [2.75, 3.05) is 60.8 Å². The molecule has 5 heteroatoms. The summed E-state index contributed by atoms with van der Waals surface area (Å²) >= 11 is 0. The molecule has 0 rings (SSSR count). The molecular formula is C13H30N2O3. The van der Waals surface area contributed by atoms with Gasteiger partial charge in [0.05, 0.1) is 19.8 Å². The molecule has 0 aliphatic rings. The molecule has 110 valence electrons. The zero-order valence-electron chi connectivity index (χ0n) is 12.6. The van der Waals surface area contributed by atoms with E-state index in [-0.39, 0.29) is 0 Å². The van der Waals surface area contributed by atoms with Crippen LogP contribution in [0, 0.1) is 0 Å². The van der Waals surface area contributed by atoms with Crippen LogP contribution in [0.15, 0.2) is 0 Å². The topological polar surface area (TPSA) is 43.0 Å². The van der Waals surface area contributed by atoms with Gasteiger partial charge in [0.1, 0.15) is 0 Å². The molecule has 0 aliphatic carbocycles. The van der Waals surface area contributed by atoms with Crippen molar-refractivity contribution < 1.29 is 14.2 Å². The first-order valence-electron chi connectivity index (χ1n) is 6.59. The minimum atomic E-state index is 0.386. The second-order valence-corrected chi connectivity index (χ2v) is 4.64. The third kappa shape index (κ3) is 8.83. The molecule has 0 aromatic carbocycles. The third-order valence-electron chi connectivity index (χ3n) is 2.92. The molecule has 0 aromatic heterocycles. The van der Waals surface area contributed by atoms with E-state index < -0.39 is 0 Å². The van der Waals surface area contributed by atoms with Gasteiger partial charge in [0, 0.05) is 53.0 Å². The van der Waals surface area contributed by atoms with Gasteiger partial charge in [-0.25, -0.2) is 0 Å². The van der Waals surface area contributed by atoms with Gasteiger partial charge in [0.2, 0.25) is 0 Å². The molecule has 0 radical (unpaired) electrons.